The van der Waals surface area contributed by atoms with E-state index in [2.05, 4.69) is 4.98 Å². The van der Waals surface area contributed by atoms with Crippen molar-refractivity contribution in [2.75, 3.05) is 0 Å². The molecule has 0 unspecified atom stereocenters. The summed E-state index contributed by atoms with van der Waals surface area (Å²) < 4.78 is 6.00. The van der Waals surface area contributed by atoms with Crippen LogP contribution < -0.4 is 4.74 Å². The molecule has 3 rings (SSSR count). The minimum atomic E-state index is -0.239. The summed E-state index contributed by atoms with van der Waals surface area (Å²) >= 11 is 0. The van der Waals surface area contributed by atoms with Crippen LogP contribution in [0.5, 0.6) is 5.88 Å². The zero-order valence-corrected chi connectivity index (χ0v) is 9.24. The minimum Gasteiger partial charge on any atom is -0.470 e. The zero-order chi connectivity index (χ0) is 11.0. The Morgan fingerprint density at radius 3 is 2.88 bits per heavy atom. The summed E-state index contributed by atoms with van der Waals surface area (Å²) in [7, 11) is 0. The molecule has 1 saturated carbocycles. The third kappa shape index (κ3) is 1.51. The van der Waals surface area contributed by atoms with Gasteiger partial charge >= 0.3 is 0 Å². The molecule has 0 bridgehead atoms. The first kappa shape index (κ1) is 9.82. The number of ether oxygens (including phenoxy) is 1. The van der Waals surface area contributed by atoms with Crippen molar-refractivity contribution < 1.29 is 9.53 Å². The van der Waals surface area contributed by atoms with Gasteiger partial charge in [0.2, 0.25) is 5.88 Å². The highest BCUT2D eigenvalue weighted by molar-refractivity contribution is 5.99. The predicted octanol–water partition coefficient (Wildman–Crippen LogP) is 2.75. The van der Waals surface area contributed by atoms with Crippen molar-refractivity contribution in [2.24, 2.45) is 0 Å². The predicted molar refractivity (Wildman–Crippen MR) is 59.6 cm³/mol. The number of nitrogens with zero attached hydrogens (tertiary/aromatic N) is 1. The van der Waals surface area contributed by atoms with Gasteiger partial charge in [0.05, 0.1) is 12.0 Å². The molecule has 0 N–H and O–H groups in total. The number of rotatable bonds is 0. The molecular formula is C13H15NO2. The van der Waals surface area contributed by atoms with Crippen LogP contribution in [0.15, 0.2) is 18.3 Å². The summed E-state index contributed by atoms with van der Waals surface area (Å²) in [6.45, 7) is 0. The van der Waals surface area contributed by atoms with Crippen LogP contribution in [-0.2, 0) is 0 Å². The highest BCUT2D eigenvalue weighted by Gasteiger charge is 2.41. The van der Waals surface area contributed by atoms with E-state index >= 15 is 0 Å². The first-order valence-electron chi connectivity index (χ1n) is 5.96. The standard InChI is InChI=1S/C13H15NO2/c15-11-9-13(6-2-1-3-7-13)16-12-10(11)5-4-8-14-12/h4-5,8H,1-3,6-7,9H2. The van der Waals surface area contributed by atoms with E-state index < -0.39 is 0 Å². The van der Waals surface area contributed by atoms with Gasteiger partial charge in [0.25, 0.3) is 0 Å². The van der Waals surface area contributed by atoms with Gasteiger partial charge in [-0.15, -0.1) is 0 Å². The van der Waals surface area contributed by atoms with Crippen LogP contribution in [0.25, 0.3) is 0 Å². The highest BCUT2D eigenvalue weighted by atomic mass is 16.5. The first-order chi connectivity index (χ1) is 7.79. The molecule has 1 spiro atoms. The quantitative estimate of drug-likeness (QED) is 0.670. The van der Waals surface area contributed by atoms with Crippen molar-refractivity contribution in [2.45, 2.75) is 44.1 Å². The molecule has 3 nitrogen and oxygen atoms in total. The molecule has 1 aliphatic heterocycles. The average Bonchev–Trinajstić information content (AvgIpc) is 2.30. The molecule has 2 heterocycles. The lowest BCUT2D eigenvalue weighted by molar-refractivity contribution is 0.00983. The third-order valence-electron chi connectivity index (χ3n) is 3.63. The zero-order valence-electron chi connectivity index (χ0n) is 9.24. The minimum absolute atomic E-state index is 0.191. The van der Waals surface area contributed by atoms with Gasteiger partial charge < -0.3 is 4.74 Å². The lowest BCUT2D eigenvalue weighted by atomic mass is 9.79. The molecular weight excluding hydrogens is 202 g/mol. The summed E-state index contributed by atoms with van der Waals surface area (Å²) in [6.07, 6.45) is 7.79. The van der Waals surface area contributed by atoms with E-state index in [9.17, 15) is 4.79 Å². The molecule has 0 amide bonds. The van der Waals surface area contributed by atoms with Crippen LogP contribution >= 0.6 is 0 Å². The second-order valence-electron chi connectivity index (χ2n) is 4.80. The number of fused-ring (bicyclic) bond motifs is 1. The largest absolute Gasteiger partial charge is 0.470 e. The third-order valence-corrected chi connectivity index (χ3v) is 3.63. The maximum Gasteiger partial charge on any atom is 0.224 e. The van der Waals surface area contributed by atoms with Crippen LogP contribution in [0.3, 0.4) is 0 Å². The average molecular weight is 217 g/mol. The van der Waals surface area contributed by atoms with Crippen molar-refractivity contribution in [1.82, 2.24) is 4.98 Å². The van der Waals surface area contributed by atoms with Crippen LogP contribution in [0.4, 0.5) is 0 Å². The van der Waals surface area contributed by atoms with E-state index in [1.807, 2.05) is 0 Å². The second-order valence-corrected chi connectivity index (χ2v) is 4.80. The number of hydrogen-bond donors (Lipinski definition) is 0. The first-order valence-corrected chi connectivity index (χ1v) is 5.96. The van der Waals surface area contributed by atoms with Gasteiger partial charge in [-0.05, 0) is 37.8 Å². The van der Waals surface area contributed by atoms with Crippen LogP contribution in [0.2, 0.25) is 0 Å². The van der Waals surface area contributed by atoms with Crippen molar-refractivity contribution >= 4 is 5.78 Å². The number of aromatic nitrogens is 1. The molecule has 84 valence electrons. The molecule has 0 radical (unpaired) electrons. The lowest BCUT2D eigenvalue weighted by Crippen LogP contribution is -2.43. The summed E-state index contributed by atoms with van der Waals surface area (Å²) in [5.41, 5.74) is 0.412. The number of hydrogen-bond acceptors (Lipinski definition) is 3. The Hall–Kier alpha value is -1.38. The van der Waals surface area contributed by atoms with Crippen molar-refractivity contribution in [3.05, 3.63) is 23.9 Å². The molecule has 1 fully saturated rings. The SMILES string of the molecule is O=C1CC2(CCCCC2)Oc2ncccc21. The maximum atomic E-state index is 12.0. The Morgan fingerprint density at radius 1 is 1.25 bits per heavy atom. The fourth-order valence-corrected chi connectivity index (χ4v) is 2.79. The molecule has 16 heavy (non-hydrogen) atoms. The Morgan fingerprint density at radius 2 is 2.06 bits per heavy atom. The van der Waals surface area contributed by atoms with Gasteiger partial charge in [-0.2, -0.15) is 0 Å². The van der Waals surface area contributed by atoms with Gasteiger partial charge in [0, 0.05) is 6.20 Å². The number of pyridine rings is 1. The highest BCUT2D eigenvalue weighted by Crippen LogP contribution is 2.40. The number of Topliss-reactive ketones (excluding diaryl/α,β-unsaturated/α-hetero) is 1. The molecule has 1 aromatic heterocycles. The van der Waals surface area contributed by atoms with Crippen LogP contribution in [0.1, 0.15) is 48.9 Å². The van der Waals surface area contributed by atoms with Gasteiger partial charge in [-0.25, -0.2) is 4.98 Å². The topological polar surface area (TPSA) is 39.2 Å². The van der Waals surface area contributed by atoms with E-state index in [0.717, 1.165) is 25.7 Å². The van der Waals surface area contributed by atoms with Crippen molar-refractivity contribution in [3.63, 3.8) is 0 Å². The monoisotopic (exact) mass is 217 g/mol. The Labute approximate surface area is 94.8 Å². The van der Waals surface area contributed by atoms with Crippen molar-refractivity contribution in [3.8, 4) is 5.88 Å². The summed E-state index contributed by atoms with van der Waals surface area (Å²) in [5.74, 6) is 0.733. The van der Waals surface area contributed by atoms with Gasteiger partial charge in [0.15, 0.2) is 5.78 Å². The van der Waals surface area contributed by atoms with E-state index in [1.54, 1.807) is 18.3 Å². The molecule has 1 aliphatic carbocycles. The molecule has 0 atom stereocenters. The van der Waals surface area contributed by atoms with Gasteiger partial charge in [-0.3, -0.25) is 4.79 Å². The smallest absolute Gasteiger partial charge is 0.224 e. The number of carbonyl (C=O) groups is 1. The molecule has 3 heteroatoms. The molecule has 2 aliphatic rings. The summed E-state index contributed by atoms with van der Waals surface area (Å²) in [4.78, 5) is 16.2. The van der Waals surface area contributed by atoms with Crippen molar-refractivity contribution in [1.29, 1.82) is 0 Å². The van der Waals surface area contributed by atoms with E-state index in [1.165, 1.54) is 6.42 Å². The van der Waals surface area contributed by atoms with E-state index in [-0.39, 0.29) is 11.4 Å². The normalized spacial score (nSPS) is 22.6. The Kier molecular flexibility index (Phi) is 2.20. The van der Waals surface area contributed by atoms with E-state index in [0.29, 0.717) is 17.9 Å². The van der Waals surface area contributed by atoms with Gasteiger partial charge in [-0.1, -0.05) is 6.42 Å². The Balaban J connectivity index is 1.96. The summed E-state index contributed by atoms with van der Waals surface area (Å²) in [6, 6.07) is 3.60. The lowest BCUT2D eigenvalue weighted by Gasteiger charge is -2.39. The fourth-order valence-electron chi connectivity index (χ4n) is 2.79. The molecule has 0 aromatic carbocycles. The summed E-state index contributed by atoms with van der Waals surface area (Å²) in [5, 5.41) is 0. The number of carbonyl (C=O) groups excluding carboxylic acids is 1. The van der Waals surface area contributed by atoms with Crippen LogP contribution in [-0.4, -0.2) is 16.4 Å². The van der Waals surface area contributed by atoms with Gasteiger partial charge in [0.1, 0.15) is 5.60 Å². The molecule has 0 saturated heterocycles. The fraction of sp³-hybridized carbons (Fsp3) is 0.538. The molecule has 1 aromatic rings. The van der Waals surface area contributed by atoms with E-state index in [4.69, 9.17) is 4.74 Å². The Bertz CT molecular complexity index is 422. The maximum absolute atomic E-state index is 12.0. The van der Waals surface area contributed by atoms with Crippen LogP contribution in [0, 0.1) is 0 Å². The number of ketones is 1. The second kappa shape index (κ2) is 3.58.